The number of rotatable bonds is 9. The molecule has 25 heavy (non-hydrogen) atoms. The summed E-state index contributed by atoms with van der Waals surface area (Å²) in [5.41, 5.74) is 1.74. The van der Waals surface area contributed by atoms with Gasteiger partial charge in [0.25, 0.3) is 0 Å². The van der Waals surface area contributed by atoms with Crippen LogP contribution in [0.2, 0.25) is 0 Å². The Balaban J connectivity index is 1.58. The predicted octanol–water partition coefficient (Wildman–Crippen LogP) is 4.80. The molecule has 132 valence electrons. The van der Waals surface area contributed by atoms with Crippen molar-refractivity contribution >= 4 is 11.6 Å². The van der Waals surface area contributed by atoms with Crippen LogP contribution >= 0.6 is 0 Å². The summed E-state index contributed by atoms with van der Waals surface area (Å²) in [6.45, 7) is 2.98. The van der Waals surface area contributed by atoms with Crippen LogP contribution in [0.25, 0.3) is 0 Å². The average molecular weight is 338 g/mol. The molecule has 0 atom stereocenters. The zero-order chi connectivity index (χ0) is 17.6. The van der Waals surface area contributed by atoms with Crippen LogP contribution in [0.5, 0.6) is 0 Å². The minimum atomic E-state index is -0.139. The van der Waals surface area contributed by atoms with Crippen molar-refractivity contribution in [2.24, 2.45) is 0 Å². The van der Waals surface area contributed by atoms with E-state index in [0.717, 1.165) is 19.4 Å². The van der Waals surface area contributed by atoms with Crippen LogP contribution in [0.4, 0.5) is 0 Å². The first-order valence-electron chi connectivity index (χ1n) is 9.47. The fourth-order valence-corrected chi connectivity index (χ4v) is 3.51. The van der Waals surface area contributed by atoms with Gasteiger partial charge >= 0.3 is 0 Å². The van der Waals surface area contributed by atoms with Crippen LogP contribution in [-0.4, -0.2) is 21.1 Å². The number of fused-ring (bicyclic) bond motifs is 2. The van der Waals surface area contributed by atoms with Gasteiger partial charge in [-0.1, -0.05) is 76.1 Å². The number of ketones is 2. The Kier molecular flexibility index (Phi) is 5.79. The lowest BCUT2D eigenvalue weighted by Gasteiger charge is -2.15. The number of hydrogen-bond acceptors (Lipinski definition) is 3. The molecule has 1 aromatic heterocycles. The predicted molar refractivity (Wildman–Crippen MR) is 98.1 cm³/mol. The second kappa shape index (κ2) is 8.24. The van der Waals surface area contributed by atoms with Crippen molar-refractivity contribution in [3.63, 3.8) is 0 Å². The summed E-state index contributed by atoms with van der Waals surface area (Å²) in [5, 5.41) is 0. The number of nitrogens with zero attached hydrogens (tertiary/aromatic N) is 2. The molecule has 0 saturated carbocycles. The van der Waals surface area contributed by atoms with Gasteiger partial charge in [-0.3, -0.25) is 9.59 Å². The van der Waals surface area contributed by atoms with Crippen molar-refractivity contribution in [1.29, 1.82) is 0 Å². The van der Waals surface area contributed by atoms with Gasteiger partial charge < -0.3 is 4.57 Å². The van der Waals surface area contributed by atoms with E-state index in [1.807, 2.05) is 4.57 Å². The van der Waals surface area contributed by atoms with Crippen molar-refractivity contribution in [3.05, 3.63) is 53.1 Å². The molecule has 4 heteroatoms. The maximum absolute atomic E-state index is 12.8. The molecular formula is C21H26N2O2. The highest BCUT2D eigenvalue weighted by atomic mass is 16.1. The first-order valence-corrected chi connectivity index (χ1v) is 9.47. The maximum atomic E-state index is 12.8. The van der Waals surface area contributed by atoms with Crippen molar-refractivity contribution in [2.75, 3.05) is 0 Å². The third kappa shape index (κ3) is 3.73. The number of carbonyl (C=O) groups excluding carboxylic acids is 2. The highest BCUT2D eigenvalue weighted by Gasteiger charge is 2.33. The fourth-order valence-electron chi connectivity index (χ4n) is 3.51. The second-order valence-electron chi connectivity index (χ2n) is 6.81. The lowest BCUT2D eigenvalue weighted by atomic mass is 9.90. The Labute approximate surface area is 149 Å². The summed E-state index contributed by atoms with van der Waals surface area (Å²) < 4.78 is 1.86. The molecule has 0 radical (unpaired) electrons. The zero-order valence-electron chi connectivity index (χ0n) is 15.0. The summed E-state index contributed by atoms with van der Waals surface area (Å²) in [7, 11) is 0. The molecular weight excluding hydrogens is 312 g/mol. The average Bonchev–Trinajstić information content (AvgIpc) is 3.06. The van der Waals surface area contributed by atoms with Crippen LogP contribution in [0.1, 0.15) is 90.4 Å². The molecule has 4 nitrogen and oxygen atoms in total. The van der Waals surface area contributed by atoms with Crippen molar-refractivity contribution < 1.29 is 9.59 Å². The summed E-state index contributed by atoms with van der Waals surface area (Å²) in [6, 6.07) is 7.02. The van der Waals surface area contributed by atoms with E-state index in [-0.39, 0.29) is 11.6 Å². The maximum Gasteiger partial charge on any atom is 0.214 e. The molecule has 0 saturated heterocycles. The minimum Gasteiger partial charge on any atom is -0.327 e. The van der Waals surface area contributed by atoms with E-state index in [2.05, 4.69) is 11.9 Å². The molecule has 0 spiro atoms. The van der Waals surface area contributed by atoms with Gasteiger partial charge in [0.15, 0.2) is 0 Å². The first-order chi connectivity index (χ1) is 12.2. The minimum absolute atomic E-state index is 0.0812. The van der Waals surface area contributed by atoms with E-state index >= 15 is 0 Å². The zero-order valence-corrected chi connectivity index (χ0v) is 15.0. The van der Waals surface area contributed by atoms with Crippen molar-refractivity contribution in [2.45, 2.75) is 64.8 Å². The van der Waals surface area contributed by atoms with Crippen LogP contribution in [0.3, 0.4) is 0 Å². The molecule has 0 bridgehead atoms. The van der Waals surface area contributed by atoms with Gasteiger partial charge in [0.2, 0.25) is 11.6 Å². The van der Waals surface area contributed by atoms with Crippen molar-refractivity contribution in [3.8, 4) is 0 Å². The number of aryl methyl sites for hydroxylation is 1. The Morgan fingerprint density at radius 1 is 0.840 bits per heavy atom. The largest absolute Gasteiger partial charge is 0.327 e. The standard InChI is InChI=1S/C21H26N2O2/c1-2-3-4-5-6-7-8-11-14-23-15-22-18-19(23)21(25)17-13-10-9-12-16(17)20(18)24/h9-10,12-13,15H,2-8,11,14H2,1H3. The van der Waals surface area contributed by atoms with E-state index in [1.165, 1.54) is 38.5 Å². The Hall–Kier alpha value is -2.23. The van der Waals surface area contributed by atoms with E-state index in [4.69, 9.17) is 0 Å². The highest BCUT2D eigenvalue weighted by molar-refractivity contribution is 6.27. The molecule has 0 N–H and O–H groups in total. The lowest BCUT2D eigenvalue weighted by Crippen LogP contribution is -2.23. The smallest absolute Gasteiger partial charge is 0.214 e. The van der Waals surface area contributed by atoms with E-state index in [9.17, 15) is 9.59 Å². The third-order valence-corrected chi connectivity index (χ3v) is 4.94. The molecule has 2 aromatic rings. The van der Waals surface area contributed by atoms with Gasteiger partial charge in [0, 0.05) is 17.7 Å². The molecule has 1 aromatic carbocycles. The molecule has 0 aliphatic heterocycles. The summed E-state index contributed by atoms with van der Waals surface area (Å²) in [4.78, 5) is 29.5. The van der Waals surface area contributed by atoms with E-state index in [0.29, 0.717) is 22.5 Å². The number of carbonyl (C=O) groups is 2. The Bertz CT molecular complexity index is 761. The molecule has 0 amide bonds. The van der Waals surface area contributed by atoms with E-state index < -0.39 is 0 Å². The van der Waals surface area contributed by atoms with Crippen LogP contribution < -0.4 is 0 Å². The topological polar surface area (TPSA) is 52.0 Å². The second-order valence-corrected chi connectivity index (χ2v) is 6.81. The van der Waals surface area contributed by atoms with Gasteiger partial charge in [-0.15, -0.1) is 0 Å². The lowest BCUT2D eigenvalue weighted by molar-refractivity contribution is 0.0971. The van der Waals surface area contributed by atoms with Crippen LogP contribution in [0, 0.1) is 0 Å². The monoisotopic (exact) mass is 338 g/mol. The Morgan fingerprint density at radius 3 is 2.12 bits per heavy atom. The number of imidazole rings is 1. The number of unbranched alkanes of at least 4 members (excludes halogenated alkanes) is 7. The number of hydrogen-bond donors (Lipinski definition) is 0. The summed E-state index contributed by atoms with van der Waals surface area (Å²) in [6.07, 6.45) is 11.6. The highest BCUT2D eigenvalue weighted by Crippen LogP contribution is 2.26. The van der Waals surface area contributed by atoms with Gasteiger partial charge in [-0.25, -0.2) is 4.98 Å². The molecule has 0 fully saturated rings. The van der Waals surface area contributed by atoms with Crippen LogP contribution in [0.15, 0.2) is 30.6 Å². The molecule has 1 heterocycles. The molecule has 3 rings (SSSR count). The summed E-state index contributed by atoms with van der Waals surface area (Å²) >= 11 is 0. The number of benzene rings is 1. The van der Waals surface area contributed by atoms with Gasteiger partial charge in [-0.05, 0) is 6.42 Å². The molecule has 1 aliphatic carbocycles. The van der Waals surface area contributed by atoms with E-state index in [1.54, 1.807) is 30.6 Å². The normalized spacial score (nSPS) is 13.0. The quantitative estimate of drug-likeness (QED) is 0.527. The summed E-state index contributed by atoms with van der Waals surface area (Å²) in [5.74, 6) is -0.220. The molecule has 0 unspecified atom stereocenters. The fraction of sp³-hybridized carbons (Fsp3) is 0.476. The number of aromatic nitrogens is 2. The van der Waals surface area contributed by atoms with Gasteiger partial charge in [0.05, 0.1) is 6.33 Å². The first kappa shape index (κ1) is 17.6. The van der Waals surface area contributed by atoms with Gasteiger partial charge in [0.1, 0.15) is 11.4 Å². The van der Waals surface area contributed by atoms with Crippen molar-refractivity contribution in [1.82, 2.24) is 9.55 Å². The van der Waals surface area contributed by atoms with Crippen LogP contribution in [-0.2, 0) is 6.54 Å². The van der Waals surface area contributed by atoms with Gasteiger partial charge in [-0.2, -0.15) is 0 Å². The SMILES string of the molecule is CCCCCCCCCCn1cnc2c1C(=O)c1ccccc1C2=O. The Morgan fingerprint density at radius 2 is 1.44 bits per heavy atom. The molecule has 1 aliphatic rings. The third-order valence-electron chi connectivity index (χ3n) is 4.94.